The van der Waals surface area contributed by atoms with Gasteiger partial charge in [0.25, 0.3) is 0 Å². The highest BCUT2D eigenvalue weighted by molar-refractivity contribution is 7.52. The zero-order chi connectivity index (χ0) is 27.7. The smallest absolute Gasteiger partial charge is 0.459 e. The average Bonchev–Trinajstić information content (AvgIpc) is 3.37. The van der Waals surface area contributed by atoms with Gasteiger partial charge in [-0.3, -0.25) is 13.9 Å². The minimum absolute atomic E-state index is 0.136. The molecule has 0 saturated carbocycles. The van der Waals surface area contributed by atoms with Crippen molar-refractivity contribution < 1.29 is 33.0 Å². The molecule has 0 bridgehead atoms. The van der Waals surface area contributed by atoms with Gasteiger partial charge in [-0.05, 0) is 32.9 Å². The van der Waals surface area contributed by atoms with Crippen LogP contribution in [0, 0.1) is 0 Å². The number of imidazole rings is 1. The van der Waals surface area contributed by atoms with E-state index < -0.39 is 49.1 Å². The quantitative estimate of drug-likeness (QED) is 0.180. The molecule has 0 aliphatic carbocycles. The average molecular weight is 589 g/mol. The molecule has 1 fully saturated rings. The molecule has 1 aliphatic heterocycles. The van der Waals surface area contributed by atoms with Crippen molar-refractivity contribution in [1.82, 2.24) is 24.6 Å². The third-order valence-corrected chi connectivity index (χ3v) is 7.92. The maximum absolute atomic E-state index is 13.7. The second kappa shape index (κ2) is 11.3. The molecular formula is C22H27Cl2N6O7P. The summed E-state index contributed by atoms with van der Waals surface area (Å²) in [5.74, 6) is -0.312. The van der Waals surface area contributed by atoms with Gasteiger partial charge in [0.05, 0.1) is 19.0 Å². The lowest BCUT2D eigenvalue weighted by Gasteiger charge is -2.25. The third-order valence-electron chi connectivity index (χ3n) is 5.45. The molecule has 13 nitrogen and oxygen atoms in total. The van der Waals surface area contributed by atoms with Crippen LogP contribution >= 0.6 is 30.9 Å². The Morgan fingerprint density at radius 1 is 1.26 bits per heavy atom. The van der Waals surface area contributed by atoms with Crippen LogP contribution in [-0.4, -0.2) is 65.9 Å². The first-order valence-corrected chi connectivity index (χ1v) is 13.8. The Labute approximate surface area is 228 Å². The van der Waals surface area contributed by atoms with Crippen LogP contribution in [0.1, 0.15) is 27.0 Å². The number of aliphatic hydroxyl groups excluding tert-OH is 1. The van der Waals surface area contributed by atoms with Crippen molar-refractivity contribution in [3.8, 4) is 5.75 Å². The Balaban J connectivity index is 1.54. The van der Waals surface area contributed by atoms with E-state index in [2.05, 4.69) is 20.0 Å². The fourth-order valence-corrected chi connectivity index (χ4v) is 5.75. The summed E-state index contributed by atoms with van der Waals surface area (Å²) in [6, 6.07) is 7.16. The molecule has 38 heavy (non-hydrogen) atoms. The topological polar surface area (TPSA) is 173 Å². The number of alkyl halides is 2. The number of hydrogen-bond acceptors (Lipinski definition) is 11. The zero-order valence-corrected chi connectivity index (χ0v) is 23.0. The Kier molecular flexibility index (Phi) is 8.48. The molecule has 1 aromatic carbocycles. The standard InChI is InChI=1S/C22H27Cl2N6O7P/c1-12(2)35-20(32)13(3)29-38(33,37-14-7-5-4-6-8-14)34-9-15-17(31)22(23,24)21(36-15)30-11-28-16-18(25)26-10-27-19(16)30/h4-8,10-13,15,17,21,31H,9H2,1-3H3,(H,29,33)(H2,25,26,27)/t13-,15+,17+,21+,38+/m0/s1. The summed E-state index contributed by atoms with van der Waals surface area (Å²) in [6.45, 7) is 4.34. The number of carbonyl (C=O) groups excluding carboxylic acids is 1. The van der Waals surface area contributed by atoms with Gasteiger partial charge in [-0.15, -0.1) is 0 Å². The first-order valence-electron chi connectivity index (χ1n) is 11.5. The summed E-state index contributed by atoms with van der Waals surface area (Å²) < 4.78 is 35.6. The summed E-state index contributed by atoms with van der Waals surface area (Å²) in [5, 5.41) is 13.4. The Bertz CT molecular complexity index is 1330. The number of esters is 1. The number of fused-ring (bicyclic) bond motifs is 1. The lowest BCUT2D eigenvalue weighted by molar-refractivity contribution is -0.149. The molecule has 3 aromatic rings. The van der Waals surface area contributed by atoms with Gasteiger partial charge in [0.2, 0.25) is 0 Å². The van der Waals surface area contributed by atoms with Gasteiger partial charge in [-0.25, -0.2) is 19.5 Å². The van der Waals surface area contributed by atoms with Crippen molar-refractivity contribution in [2.24, 2.45) is 0 Å². The monoisotopic (exact) mass is 588 g/mol. The lowest BCUT2D eigenvalue weighted by atomic mass is 10.2. The molecule has 0 radical (unpaired) electrons. The van der Waals surface area contributed by atoms with Gasteiger partial charge in [0.15, 0.2) is 22.0 Å². The van der Waals surface area contributed by atoms with E-state index in [0.717, 1.165) is 0 Å². The zero-order valence-electron chi connectivity index (χ0n) is 20.6. The van der Waals surface area contributed by atoms with Crippen LogP contribution in [0.3, 0.4) is 0 Å². The largest absolute Gasteiger partial charge is 0.462 e. The highest BCUT2D eigenvalue weighted by Crippen LogP contribution is 2.50. The molecule has 1 aliphatic rings. The van der Waals surface area contributed by atoms with E-state index in [1.165, 1.54) is 24.1 Å². The molecule has 5 atom stereocenters. The number of ether oxygens (including phenoxy) is 2. The molecule has 2 aromatic heterocycles. The van der Waals surface area contributed by atoms with Crippen LogP contribution in [0.5, 0.6) is 5.75 Å². The molecule has 3 heterocycles. The van der Waals surface area contributed by atoms with Crippen molar-refractivity contribution in [2.45, 2.75) is 55.7 Å². The van der Waals surface area contributed by atoms with Crippen LogP contribution < -0.4 is 15.3 Å². The van der Waals surface area contributed by atoms with Crippen LogP contribution in [0.4, 0.5) is 5.82 Å². The second-order valence-electron chi connectivity index (χ2n) is 8.76. The van der Waals surface area contributed by atoms with Crippen LogP contribution in [0.25, 0.3) is 11.2 Å². The Morgan fingerprint density at radius 2 is 1.97 bits per heavy atom. The fourth-order valence-electron chi connectivity index (χ4n) is 3.65. The van der Waals surface area contributed by atoms with E-state index in [1.807, 2.05) is 0 Å². The van der Waals surface area contributed by atoms with Crippen LogP contribution in [0.15, 0.2) is 43.0 Å². The number of aromatic nitrogens is 4. The molecule has 4 N–H and O–H groups in total. The number of nitrogen functional groups attached to an aromatic ring is 1. The number of carbonyl (C=O) groups is 1. The van der Waals surface area contributed by atoms with E-state index in [4.69, 9.17) is 47.5 Å². The van der Waals surface area contributed by atoms with Gasteiger partial charge >= 0.3 is 13.7 Å². The third kappa shape index (κ3) is 6.04. The number of rotatable bonds is 10. The predicted molar refractivity (Wildman–Crippen MR) is 139 cm³/mol. The van der Waals surface area contributed by atoms with Crippen molar-refractivity contribution in [3.05, 3.63) is 43.0 Å². The molecule has 16 heteroatoms. The van der Waals surface area contributed by atoms with Gasteiger partial charge in [-0.1, -0.05) is 41.4 Å². The first kappa shape index (κ1) is 28.5. The molecule has 0 spiro atoms. The molecular weight excluding hydrogens is 562 g/mol. The summed E-state index contributed by atoms with van der Waals surface area (Å²) in [6.07, 6.45) is -1.64. The summed E-state index contributed by atoms with van der Waals surface area (Å²) >= 11 is 13.0. The van der Waals surface area contributed by atoms with E-state index in [0.29, 0.717) is 5.52 Å². The number of nitrogens with two attached hydrogens (primary N) is 1. The molecule has 206 valence electrons. The Morgan fingerprint density at radius 3 is 2.66 bits per heavy atom. The molecule has 0 amide bonds. The first-order chi connectivity index (χ1) is 17.9. The number of para-hydroxylation sites is 1. The van der Waals surface area contributed by atoms with E-state index in [-0.39, 0.29) is 23.3 Å². The SMILES string of the molecule is CC(C)OC(=O)[C@H](C)N[P@@](=O)(OC[C@H]1O[C@@H](n2cnc3c(N)ncnc32)C(Cl)(Cl)[C@@H]1O)Oc1ccccc1. The highest BCUT2D eigenvalue weighted by Gasteiger charge is 2.56. The number of nitrogens with one attached hydrogen (secondary N) is 1. The highest BCUT2D eigenvalue weighted by atomic mass is 35.5. The van der Waals surface area contributed by atoms with Crippen molar-refractivity contribution in [2.75, 3.05) is 12.3 Å². The van der Waals surface area contributed by atoms with Gasteiger partial charge in [0, 0.05) is 0 Å². The maximum atomic E-state index is 13.7. The molecule has 4 rings (SSSR count). The van der Waals surface area contributed by atoms with Crippen LogP contribution in [-0.2, 0) is 23.4 Å². The van der Waals surface area contributed by atoms with Gasteiger partial charge < -0.3 is 24.8 Å². The predicted octanol–water partition coefficient (Wildman–Crippen LogP) is 2.97. The van der Waals surface area contributed by atoms with E-state index >= 15 is 0 Å². The number of hydrogen-bond donors (Lipinski definition) is 3. The number of anilines is 1. The van der Waals surface area contributed by atoms with Crippen molar-refractivity contribution in [3.63, 3.8) is 0 Å². The van der Waals surface area contributed by atoms with Crippen LogP contribution in [0.2, 0.25) is 0 Å². The molecule has 0 unspecified atom stereocenters. The number of aliphatic hydroxyl groups is 1. The number of benzene rings is 1. The molecule has 1 saturated heterocycles. The fraction of sp³-hybridized carbons (Fsp3) is 0.455. The van der Waals surface area contributed by atoms with E-state index in [1.54, 1.807) is 44.2 Å². The summed E-state index contributed by atoms with van der Waals surface area (Å²) in [4.78, 5) is 24.5. The minimum atomic E-state index is -4.23. The summed E-state index contributed by atoms with van der Waals surface area (Å²) in [7, 11) is -4.23. The Hall–Kier alpha value is -2.51. The van der Waals surface area contributed by atoms with E-state index in [9.17, 15) is 14.5 Å². The maximum Gasteiger partial charge on any atom is 0.459 e. The van der Waals surface area contributed by atoms with Gasteiger partial charge in [-0.2, -0.15) is 5.09 Å². The number of nitrogens with zero attached hydrogens (tertiary/aromatic N) is 4. The van der Waals surface area contributed by atoms with Crippen molar-refractivity contribution >= 4 is 53.9 Å². The normalized spacial score (nSPS) is 23.3. The second-order valence-corrected chi connectivity index (χ2v) is 11.9. The lowest BCUT2D eigenvalue weighted by Crippen LogP contribution is -2.39. The minimum Gasteiger partial charge on any atom is -0.462 e. The summed E-state index contributed by atoms with van der Waals surface area (Å²) in [5.41, 5.74) is 6.42. The van der Waals surface area contributed by atoms with Gasteiger partial charge in [0.1, 0.15) is 35.8 Å². The number of halogens is 2. The van der Waals surface area contributed by atoms with Crippen molar-refractivity contribution in [1.29, 1.82) is 0 Å².